The van der Waals surface area contributed by atoms with Crippen molar-refractivity contribution in [2.45, 2.75) is 18.1 Å². The highest BCUT2D eigenvalue weighted by atomic mass is 16.5. The minimum absolute atomic E-state index is 0.178. The Morgan fingerprint density at radius 2 is 1.46 bits per heavy atom. The van der Waals surface area contributed by atoms with Crippen LogP contribution in [0, 0.1) is 4.91 Å². The molecular formula is C34H25NO4. The van der Waals surface area contributed by atoms with Crippen molar-refractivity contribution in [3.63, 3.8) is 0 Å². The molecule has 0 radical (unpaired) electrons. The largest absolute Gasteiger partial charge is 0.508 e. The van der Waals surface area contributed by atoms with Crippen LogP contribution >= 0.6 is 0 Å². The molecule has 0 saturated heterocycles. The summed E-state index contributed by atoms with van der Waals surface area (Å²) in [7, 11) is 1.64. The van der Waals surface area contributed by atoms with Crippen LogP contribution in [0.4, 0.5) is 0 Å². The number of phenols is 1. The van der Waals surface area contributed by atoms with Crippen LogP contribution in [-0.2, 0) is 11.1 Å². The number of phenolic OH excluding ortho intramolecular Hbond substituents is 1. The Hall–Kier alpha value is -4.90. The van der Waals surface area contributed by atoms with Crippen molar-refractivity contribution in [1.82, 2.24) is 0 Å². The Labute approximate surface area is 225 Å². The number of methoxy groups -OCH3 is 1. The van der Waals surface area contributed by atoms with Crippen molar-refractivity contribution >= 4 is 16.8 Å². The average molecular weight is 512 g/mol. The summed E-state index contributed by atoms with van der Waals surface area (Å²) in [4.78, 5) is 12.6. The maximum absolute atomic E-state index is 12.6. The molecule has 39 heavy (non-hydrogen) atoms. The lowest BCUT2D eigenvalue weighted by molar-refractivity contribution is 0.163. The lowest BCUT2D eigenvalue weighted by Crippen LogP contribution is -2.35. The SMILES string of the molecule is COc1ccc(C2(c3ccc(O)cc3)C=Cc3c4c(c5ccccc5c3O2)-c2ccccc2C4(C)N=O)cc1. The molecule has 0 bridgehead atoms. The number of nitroso groups, excluding NO2 is 1. The van der Waals surface area contributed by atoms with Crippen molar-refractivity contribution in [2.24, 2.45) is 5.18 Å². The second-order valence-corrected chi connectivity index (χ2v) is 10.2. The highest BCUT2D eigenvalue weighted by Crippen LogP contribution is 2.58. The van der Waals surface area contributed by atoms with E-state index in [9.17, 15) is 10.0 Å². The third-order valence-corrected chi connectivity index (χ3v) is 8.16. The van der Waals surface area contributed by atoms with Crippen LogP contribution in [0.2, 0.25) is 0 Å². The zero-order chi connectivity index (χ0) is 26.8. The number of rotatable bonds is 4. The van der Waals surface area contributed by atoms with Gasteiger partial charge in [-0.2, -0.15) is 0 Å². The summed E-state index contributed by atoms with van der Waals surface area (Å²) in [5, 5.41) is 15.7. The van der Waals surface area contributed by atoms with Crippen LogP contribution in [0.25, 0.3) is 28.0 Å². The van der Waals surface area contributed by atoms with Crippen LogP contribution in [0.15, 0.2) is 108 Å². The Bertz CT molecular complexity index is 1810. The number of fused-ring (bicyclic) bond motifs is 8. The van der Waals surface area contributed by atoms with Crippen molar-refractivity contribution in [3.05, 3.63) is 136 Å². The van der Waals surface area contributed by atoms with E-state index in [0.29, 0.717) is 5.75 Å². The Morgan fingerprint density at radius 3 is 2.15 bits per heavy atom. The van der Waals surface area contributed by atoms with Crippen molar-refractivity contribution in [3.8, 4) is 28.4 Å². The standard InChI is InChI=1S/C34H25NO4/c1-33(35-37)29-10-6-5-9-27(29)30-25-7-3-4-8-26(25)32-28(31(30)33)19-20-34(39-32,21-11-15-23(36)16-12-21)22-13-17-24(38-2)18-14-22/h3-20,36H,1-2H3. The molecule has 2 aliphatic rings. The molecule has 190 valence electrons. The molecule has 0 fully saturated rings. The minimum Gasteiger partial charge on any atom is -0.508 e. The molecule has 5 heteroatoms. The number of aromatic hydroxyl groups is 1. The predicted molar refractivity (Wildman–Crippen MR) is 153 cm³/mol. The Morgan fingerprint density at radius 1 is 0.821 bits per heavy atom. The van der Waals surface area contributed by atoms with Gasteiger partial charge in [0.05, 0.1) is 7.11 Å². The van der Waals surface area contributed by atoms with Gasteiger partial charge in [-0.3, -0.25) is 0 Å². The van der Waals surface area contributed by atoms with E-state index in [0.717, 1.165) is 55.5 Å². The maximum Gasteiger partial charge on any atom is 0.178 e. The van der Waals surface area contributed by atoms with Gasteiger partial charge in [-0.1, -0.05) is 84.0 Å². The molecule has 0 saturated carbocycles. The molecule has 2 unspecified atom stereocenters. The fourth-order valence-corrected chi connectivity index (χ4v) is 6.26. The molecule has 1 N–H and O–H groups in total. The lowest BCUT2D eigenvalue weighted by Gasteiger charge is -2.38. The van der Waals surface area contributed by atoms with Gasteiger partial charge in [0.15, 0.2) is 11.1 Å². The monoisotopic (exact) mass is 511 g/mol. The van der Waals surface area contributed by atoms with Gasteiger partial charge in [0.1, 0.15) is 17.2 Å². The first-order chi connectivity index (χ1) is 19.0. The summed E-state index contributed by atoms with van der Waals surface area (Å²) in [5.74, 6) is 1.62. The molecule has 5 aromatic rings. The fraction of sp³-hybridized carbons (Fsp3) is 0.118. The molecule has 1 aliphatic carbocycles. The number of nitrogens with zero attached hydrogens (tertiary/aromatic N) is 1. The summed E-state index contributed by atoms with van der Waals surface area (Å²) in [6, 6.07) is 31.0. The molecule has 5 aromatic carbocycles. The van der Waals surface area contributed by atoms with E-state index in [2.05, 4.69) is 29.5 Å². The van der Waals surface area contributed by atoms with Crippen LogP contribution in [0.1, 0.15) is 34.7 Å². The first-order valence-electron chi connectivity index (χ1n) is 12.9. The third kappa shape index (κ3) is 3.13. The summed E-state index contributed by atoms with van der Waals surface area (Å²) in [5.41, 5.74) is 4.36. The third-order valence-electron chi connectivity index (χ3n) is 8.16. The van der Waals surface area contributed by atoms with Crippen LogP contribution in [0.5, 0.6) is 17.2 Å². The second-order valence-electron chi connectivity index (χ2n) is 10.2. The van der Waals surface area contributed by atoms with Crippen molar-refractivity contribution in [2.75, 3.05) is 7.11 Å². The first-order valence-corrected chi connectivity index (χ1v) is 12.9. The van der Waals surface area contributed by atoms with Gasteiger partial charge in [0.2, 0.25) is 0 Å². The summed E-state index contributed by atoms with van der Waals surface area (Å²) in [6.07, 6.45) is 4.10. The zero-order valence-corrected chi connectivity index (χ0v) is 21.5. The van der Waals surface area contributed by atoms with Gasteiger partial charge in [0.25, 0.3) is 0 Å². The van der Waals surface area contributed by atoms with E-state index in [1.807, 2.05) is 79.7 Å². The summed E-state index contributed by atoms with van der Waals surface area (Å²) in [6.45, 7) is 1.89. The van der Waals surface area contributed by atoms with Gasteiger partial charge >= 0.3 is 0 Å². The van der Waals surface area contributed by atoms with E-state index in [1.54, 1.807) is 19.2 Å². The van der Waals surface area contributed by atoms with Crippen molar-refractivity contribution < 1.29 is 14.6 Å². The van der Waals surface area contributed by atoms with Crippen LogP contribution < -0.4 is 9.47 Å². The first kappa shape index (κ1) is 23.2. The molecule has 1 aliphatic heterocycles. The number of benzene rings is 5. The van der Waals surface area contributed by atoms with Gasteiger partial charge in [-0.15, -0.1) is 4.91 Å². The van der Waals surface area contributed by atoms with Gasteiger partial charge < -0.3 is 14.6 Å². The highest BCUT2D eigenvalue weighted by molar-refractivity contribution is 6.08. The molecule has 7 rings (SSSR count). The van der Waals surface area contributed by atoms with E-state index < -0.39 is 11.1 Å². The smallest absolute Gasteiger partial charge is 0.178 e. The Kier molecular flexibility index (Phi) is 4.95. The van der Waals surface area contributed by atoms with E-state index in [-0.39, 0.29) is 5.75 Å². The van der Waals surface area contributed by atoms with E-state index in [4.69, 9.17) is 9.47 Å². The molecule has 5 nitrogen and oxygen atoms in total. The molecular weight excluding hydrogens is 486 g/mol. The average Bonchev–Trinajstić information content (AvgIpc) is 3.27. The van der Waals surface area contributed by atoms with E-state index >= 15 is 0 Å². The number of ether oxygens (including phenoxy) is 2. The second kappa shape index (κ2) is 8.30. The number of hydrogen-bond donors (Lipinski definition) is 1. The summed E-state index contributed by atoms with van der Waals surface area (Å²) < 4.78 is 12.5. The van der Waals surface area contributed by atoms with E-state index in [1.165, 1.54) is 0 Å². The molecule has 0 spiro atoms. The number of hydrogen-bond acceptors (Lipinski definition) is 5. The molecule has 0 amide bonds. The molecule has 1 heterocycles. The van der Waals surface area contributed by atoms with Gasteiger partial charge in [-0.25, -0.2) is 0 Å². The zero-order valence-electron chi connectivity index (χ0n) is 21.5. The molecule has 2 atom stereocenters. The lowest BCUT2D eigenvalue weighted by atomic mass is 9.80. The quantitative estimate of drug-likeness (QED) is 0.249. The minimum atomic E-state index is -1.06. The normalized spacial score (nSPS) is 20.6. The molecule has 0 aromatic heterocycles. The fourth-order valence-electron chi connectivity index (χ4n) is 6.26. The predicted octanol–water partition coefficient (Wildman–Crippen LogP) is 7.91. The maximum atomic E-state index is 12.6. The van der Waals surface area contributed by atoms with Gasteiger partial charge in [0, 0.05) is 27.6 Å². The Balaban J connectivity index is 1.55. The van der Waals surface area contributed by atoms with Crippen molar-refractivity contribution in [1.29, 1.82) is 0 Å². The summed E-state index contributed by atoms with van der Waals surface area (Å²) >= 11 is 0. The topological polar surface area (TPSA) is 68.1 Å². The highest BCUT2D eigenvalue weighted by Gasteiger charge is 2.47. The van der Waals surface area contributed by atoms with Crippen LogP contribution in [-0.4, -0.2) is 12.2 Å². The van der Waals surface area contributed by atoms with Gasteiger partial charge in [-0.05, 0) is 59.3 Å². The van der Waals surface area contributed by atoms with Crippen LogP contribution in [0.3, 0.4) is 0 Å².